The number of rotatable bonds is 4. The number of carbonyl (C=O) groups excluding carboxylic acids is 1. The SMILES string of the molecule is Cc1ccc(NC(=O)c2ccn(-c3ccc4ccc(-c5cccnc5)cn34)n2)c(C)c1. The Morgan fingerprint density at radius 2 is 1.84 bits per heavy atom. The third-order valence-electron chi connectivity index (χ3n) is 5.31. The van der Waals surface area contributed by atoms with Gasteiger partial charge in [-0.2, -0.15) is 5.10 Å². The van der Waals surface area contributed by atoms with Gasteiger partial charge in [0, 0.05) is 41.6 Å². The van der Waals surface area contributed by atoms with Crippen molar-refractivity contribution in [3.63, 3.8) is 0 Å². The van der Waals surface area contributed by atoms with Crippen LogP contribution in [-0.4, -0.2) is 25.1 Å². The molecule has 5 rings (SSSR count). The fourth-order valence-electron chi connectivity index (χ4n) is 3.69. The van der Waals surface area contributed by atoms with Gasteiger partial charge in [0.25, 0.3) is 5.91 Å². The summed E-state index contributed by atoms with van der Waals surface area (Å²) >= 11 is 0. The molecule has 1 N–H and O–H groups in total. The highest BCUT2D eigenvalue weighted by molar-refractivity contribution is 6.03. The predicted octanol–water partition coefficient (Wildman–Crippen LogP) is 5.06. The molecule has 0 unspecified atom stereocenters. The van der Waals surface area contributed by atoms with E-state index in [0.717, 1.165) is 39.3 Å². The van der Waals surface area contributed by atoms with Crippen LogP contribution in [0.15, 0.2) is 85.5 Å². The van der Waals surface area contributed by atoms with E-state index in [9.17, 15) is 4.79 Å². The summed E-state index contributed by atoms with van der Waals surface area (Å²) in [4.78, 5) is 16.9. The van der Waals surface area contributed by atoms with Gasteiger partial charge in [-0.25, -0.2) is 4.68 Å². The summed E-state index contributed by atoms with van der Waals surface area (Å²) in [5, 5.41) is 7.47. The maximum Gasteiger partial charge on any atom is 0.276 e. The Bertz CT molecular complexity index is 1400. The number of fused-ring (bicyclic) bond motifs is 1. The summed E-state index contributed by atoms with van der Waals surface area (Å²) in [5.74, 6) is 0.619. The lowest BCUT2D eigenvalue weighted by molar-refractivity contribution is 0.102. The summed E-state index contributed by atoms with van der Waals surface area (Å²) in [6.45, 7) is 4.01. The van der Waals surface area contributed by atoms with E-state index in [4.69, 9.17) is 0 Å². The Labute approximate surface area is 179 Å². The number of anilines is 1. The third-order valence-corrected chi connectivity index (χ3v) is 5.31. The van der Waals surface area contributed by atoms with Crippen LogP contribution in [0.25, 0.3) is 22.5 Å². The van der Waals surface area contributed by atoms with E-state index < -0.39 is 0 Å². The van der Waals surface area contributed by atoms with Gasteiger partial charge in [-0.1, -0.05) is 29.8 Å². The lowest BCUT2D eigenvalue weighted by Gasteiger charge is -2.08. The van der Waals surface area contributed by atoms with Crippen LogP contribution in [-0.2, 0) is 0 Å². The van der Waals surface area contributed by atoms with Gasteiger partial charge in [0.15, 0.2) is 5.69 Å². The number of amides is 1. The minimum Gasteiger partial charge on any atom is -0.320 e. The Kier molecular flexibility index (Phi) is 4.59. The van der Waals surface area contributed by atoms with Crippen LogP contribution in [0, 0.1) is 13.8 Å². The standard InChI is InChI=1S/C25H21N5O/c1-17-5-9-22(18(2)14-17)27-25(31)23-11-13-30(28-23)24-10-8-21-7-6-20(16-29(21)24)19-4-3-12-26-15-19/h3-16H,1-2H3,(H,27,31). The minimum atomic E-state index is -0.234. The van der Waals surface area contributed by atoms with E-state index in [0.29, 0.717) is 5.69 Å². The van der Waals surface area contributed by atoms with Crippen molar-refractivity contribution in [2.24, 2.45) is 0 Å². The molecule has 0 aliphatic carbocycles. The first-order valence-electron chi connectivity index (χ1n) is 10.0. The van der Waals surface area contributed by atoms with E-state index in [-0.39, 0.29) is 5.91 Å². The molecule has 0 atom stereocenters. The monoisotopic (exact) mass is 407 g/mol. The number of nitrogens with zero attached hydrogens (tertiary/aromatic N) is 4. The average molecular weight is 407 g/mol. The zero-order valence-corrected chi connectivity index (χ0v) is 17.3. The number of hydrogen-bond acceptors (Lipinski definition) is 3. The zero-order valence-electron chi connectivity index (χ0n) is 17.3. The van der Waals surface area contributed by atoms with E-state index in [1.54, 1.807) is 23.1 Å². The van der Waals surface area contributed by atoms with Crippen molar-refractivity contribution >= 4 is 17.1 Å². The number of hydrogen-bond donors (Lipinski definition) is 1. The van der Waals surface area contributed by atoms with Gasteiger partial charge in [-0.05, 0) is 61.4 Å². The molecule has 31 heavy (non-hydrogen) atoms. The molecule has 0 saturated carbocycles. The maximum atomic E-state index is 12.7. The van der Waals surface area contributed by atoms with Crippen LogP contribution in [0.2, 0.25) is 0 Å². The van der Waals surface area contributed by atoms with Crippen LogP contribution in [0.1, 0.15) is 21.6 Å². The normalized spacial score (nSPS) is 11.0. The van der Waals surface area contributed by atoms with Crippen molar-refractivity contribution in [2.45, 2.75) is 13.8 Å². The van der Waals surface area contributed by atoms with Crippen LogP contribution in [0.5, 0.6) is 0 Å². The molecule has 0 aliphatic rings. The molecule has 5 aromatic rings. The highest BCUT2D eigenvalue weighted by Crippen LogP contribution is 2.22. The molecule has 6 heteroatoms. The van der Waals surface area contributed by atoms with Crippen molar-refractivity contribution < 1.29 is 4.79 Å². The van der Waals surface area contributed by atoms with Gasteiger partial charge in [0.05, 0.1) is 0 Å². The zero-order chi connectivity index (χ0) is 21.4. The summed E-state index contributed by atoms with van der Waals surface area (Å²) in [7, 11) is 0. The summed E-state index contributed by atoms with van der Waals surface area (Å²) in [5.41, 5.74) is 6.46. The molecular weight excluding hydrogens is 386 g/mol. The number of benzene rings is 1. The summed E-state index contributed by atoms with van der Waals surface area (Å²) in [6, 6.07) is 19.8. The highest BCUT2D eigenvalue weighted by atomic mass is 16.2. The van der Waals surface area contributed by atoms with Crippen LogP contribution >= 0.6 is 0 Å². The minimum absolute atomic E-state index is 0.234. The Balaban J connectivity index is 1.45. The lowest BCUT2D eigenvalue weighted by atomic mass is 10.1. The second-order valence-corrected chi connectivity index (χ2v) is 7.56. The molecule has 152 valence electrons. The topological polar surface area (TPSA) is 64.2 Å². The van der Waals surface area contributed by atoms with E-state index >= 15 is 0 Å². The van der Waals surface area contributed by atoms with Gasteiger partial charge in [0.2, 0.25) is 0 Å². The number of aromatic nitrogens is 4. The van der Waals surface area contributed by atoms with Gasteiger partial charge in [0.1, 0.15) is 5.82 Å². The smallest absolute Gasteiger partial charge is 0.276 e. The molecule has 1 aromatic carbocycles. The molecule has 0 radical (unpaired) electrons. The van der Waals surface area contributed by atoms with Crippen molar-refractivity contribution in [3.8, 4) is 16.9 Å². The van der Waals surface area contributed by atoms with E-state index in [1.165, 1.54) is 0 Å². The molecule has 1 amide bonds. The molecule has 4 heterocycles. The average Bonchev–Trinajstić information content (AvgIpc) is 3.43. The third kappa shape index (κ3) is 3.59. The van der Waals surface area contributed by atoms with Gasteiger partial charge in [-0.3, -0.25) is 9.78 Å². The molecule has 0 aliphatic heterocycles. The second-order valence-electron chi connectivity index (χ2n) is 7.56. The molecular formula is C25H21N5O. The van der Waals surface area contributed by atoms with Crippen molar-refractivity contribution in [1.29, 1.82) is 0 Å². The number of nitrogens with one attached hydrogen (secondary N) is 1. The Hall–Kier alpha value is -4.19. The molecule has 0 spiro atoms. The maximum absolute atomic E-state index is 12.7. The number of pyridine rings is 2. The first-order chi connectivity index (χ1) is 15.1. The van der Waals surface area contributed by atoms with Crippen molar-refractivity contribution in [3.05, 3.63) is 102 Å². The van der Waals surface area contributed by atoms with Gasteiger partial charge in [-0.15, -0.1) is 0 Å². The largest absolute Gasteiger partial charge is 0.320 e. The first kappa shape index (κ1) is 18.8. The number of carbonyl (C=O) groups is 1. The summed E-state index contributed by atoms with van der Waals surface area (Å²) in [6.07, 6.45) is 7.46. The Morgan fingerprint density at radius 3 is 2.65 bits per heavy atom. The lowest BCUT2D eigenvalue weighted by Crippen LogP contribution is -2.14. The van der Waals surface area contributed by atoms with E-state index in [1.807, 2.05) is 62.5 Å². The highest BCUT2D eigenvalue weighted by Gasteiger charge is 2.13. The molecule has 6 nitrogen and oxygen atoms in total. The molecule has 0 bridgehead atoms. The fraction of sp³-hybridized carbons (Fsp3) is 0.0800. The quantitative estimate of drug-likeness (QED) is 0.453. The van der Waals surface area contributed by atoms with Crippen molar-refractivity contribution in [1.82, 2.24) is 19.2 Å². The van der Waals surface area contributed by atoms with Crippen LogP contribution in [0.3, 0.4) is 0 Å². The molecule has 0 fully saturated rings. The molecule has 4 aromatic heterocycles. The van der Waals surface area contributed by atoms with Crippen LogP contribution in [0.4, 0.5) is 5.69 Å². The summed E-state index contributed by atoms with van der Waals surface area (Å²) < 4.78 is 3.78. The fourth-order valence-corrected chi connectivity index (χ4v) is 3.69. The Morgan fingerprint density at radius 1 is 0.968 bits per heavy atom. The predicted molar refractivity (Wildman–Crippen MR) is 122 cm³/mol. The second kappa shape index (κ2) is 7.57. The van der Waals surface area contributed by atoms with Gasteiger partial charge >= 0.3 is 0 Å². The van der Waals surface area contributed by atoms with E-state index in [2.05, 4.69) is 38.1 Å². The molecule has 0 saturated heterocycles. The van der Waals surface area contributed by atoms with Crippen LogP contribution < -0.4 is 5.32 Å². The first-order valence-corrected chi connectivity index (χ1v) is 10.0. The van der Waals surface area contributed by atoms with Gasteiger partial charge < -0.3 is 9.72 Å². The van der Waals surface area contributed by atoms with Crippen molar-refractivity contribution in [2.75, 3.05) is 5.32 Å². The number of aryl methyl sites for hydroxylation is 2.